The van der Waals surface area contributed by atoms with Gasteiger partial charge >= 0.3 is 0 Å². The molecule has 0 spiro atoms. The van der Waals surface area contributed by atoms with Gasteiger partial charge in [0.2, 0.25) is 11.8 Å². The molecule has 0 aliphatic heterocycles. The quantitative estimate of drug-likeness (QED) is 0.843. The van der Waals surface area contributed by atoms with E-state index in [0.717, 1.165) is 5.56 Å². The summed E-state index contributed by atoms with van der Waals surface area (Å²) in [4.78, 5) is 0. The maximum Gasteiger partial charge on any atom is 0.243 e. The molecule has 0 bridgehead atoms. The lowest BCUT2D eigenvalue weighted by molar-refractivity contribution is 0.321. The van der Waals surface area contributed by atoms with Gasteiger partial charge < -0.3 is 10.5 Å². The fourth-order valence-electron chi connectivity index (χ4n) is 1.54. The van der Waals surface area contributed by atoms with Gasteiger partial charge in [-0.2, -0.15) is 4.52 Å². The third-order valence-electron chi connectivity index (χ3n) is 2.31. The molecule has 0 radical (unpaired) electrons. The van der Waals surface area contributed by atoms with Crippen LogP contribution < -0.4 is 10.5 Å². The summed E-state index contributed by atoms with van der Waals surface area (Å²) in [6.45, 7) is 6.64. The summed E-state index contributed by atoms with van der Waals surface area (Å²) < 4.78 is 6.90. The minimum absolute atomic E-state index is 0.276. The van der Waals surface area contributed by atoms with Crippen molar-refractivity contribution in [2.45, 2.75) is 26.7 Å². The molecular formula is C10H15N5O. The lowest BCUT2D eigenvalue weighted by atomic mass is 10.1. The summed E-state index contributed by atoms with van der Waals surface area (Å²) in [5.74, 6) is 1.14. The van der Waals surface area contributed by atoms with E-state index in [1.807, 2.05) is 13.0 Å². The van der Waals surface area contributed by atoms with Crippen molar-refractivity contribution in [2.24, 2.45) is 0 Å². The van der Waals surface area contributed by atoms with Gasteiger partial charge in [-0.3, -0.25) is 0 Å². The predicted molar refractivity (Wildman–Crippen MR) is 60.5 cm³/mol. The third-order valence-corrected chi connectivity index (χ3v) is 2.31. The molecule has 2 aromatic rings. The number of hydrogen-bond acceptors (Lipinski definition) is 5. The van der Waals surface area contributed by atoms with E-state index in [1.165, 1.54) is 4.52 Å². The molecule has 2 rings (SSSR count). The molecule has 86 valence electrons. The molecule has 0 saturated heterocycles. The second-order valence-electron chi connectivity index (χ2n) is 3.82. The Hall–Kier alpha value is -1.85. The molecule has 2 N–H and O–H groups in total. The molecule has 2 aromatic heterocycles. The summed E-state index contributed by atoms with van der Waals surface area (Å²) in [6, 6.07) is 1.89. The largest absolute Gasteiger partial charge is 0.477 e. The maximum absolute atomic E-state index is 5.68. The SMILES string of the molecule is CCOc1cc(C(C)C)c2nnc(N)n2n1. The monoisotopic (exact) mass is 221 g/mol. The number of nitrogens with zero attached hydrogens (tertiary/aromatic N) is 4. The molecule has 6 heteroatoms. The lowest BCUT2D eigenvalue weighted by Gasteiger charge is -2.09. The van der Waals surface area contributed by atoms with Crippen LogP contribution in [0.1, 0.15) is 32.3 Å². The normalized spacial score (nSPS) is 11.2. The van der Waals surface area contributed by atoms with Crippen LogP contribution in [-0.2, 0) is 0 Å². The van der Waals surface area contributed by atoms with Crippen LogP contribution in [0, 0.1) is 0 Å². The fraction of sp³-hybridized carbons (Fsp3) is 0.500. The third kappa shape index (κ3) is 1.66. The predicted octanol–water partition coefficient (Wildman–Crippen LogP) is 1.23. The van der Waals surface area contributed by atoms with Gasteiger partial charge in [-0.15, -0.1) is 15.3 Å². The van der Waals surface area contributed by atoms with Gasteiger partial charge in [0, 0.05) is 11.6 Å². The van der Waals surface area contributed by atoms with E-state index in [4.69, 9.17) is 10.5 Å². The summed E-state index contributed by atoms with van der Waals surface area (Å²) >= 11 is 0. The number of fused-ring (bicyclic) bond motifs is 1. The molecule has 0 aliphatic rings. The molecule has 0 aliphatic carbocycles. The number of anilines is 1. The number of nitrogens with two attached hydrogens (primary N) is 1. The van der Waals surface area contributed by atoms with E-state index in [1.54, 1.807) is 0 Å². The molecule has 0 saturated carbocycles. The van der Waals surface area contributed by atoms with Crippen LogP contribution in [0.5, 0.6) is 5.88 Å². The summed E-state index contributed by atoms with van der Waals surface area (Å²) in [5.41, 5.74) is 7.40. The van der Waals surface area contributed by atoms with Crippen LogP contribution in [0.4, 0.5) is 5.95 Å². The first kappa shape index (κ1) is 10.7. The van der Waals surface area contributed by atoms with Crippen molar-refractivity contribution in [1.82, 2.24) is 19.8 Å². The Balaban J connectivity index is 2.65. The van der Waals surface area contributed by atoms with Gasteiger partial charge in [-0.1, -0.05) is 13.8 Å². The molecule has 0 fully saturated rings. The Bertz CT molecular complexity index is 505. The van der Waals surface area contributed by atoms with Gasteiger partial charge in [0.05, 0.1) is 6.61 Å². The van der Waals surface area contributed by atoms with Crippen LogP contribution in [0.3, 0.4) is 0 Å². The van der Waals surface area contributed by atoms with Crippen molar-refractivity contribution in [1.29, 1.82) is 0 Å². The topological polar surface area (TPSA) is 78.3 Å². The number of nitrogen functional groups attached to an aromatic ring is 1. The highest BCUT2D eigenvalue weighted by molar-refractivity contribution is 5.52. The van der Waals surface area contributed by atoms with Crippen LogP contribution in [0.15, 0.2) is 6.07 Å². The Kier molecular flexibility index (Phi) is 2.64. The van der Waals surface area contributed by atoms with Crippen molar-refractivity contribution < 1.29 is 4.74 Å². The Morgan fingerprint density at radius 3 is 2.81 bits per heavy atom. The van der Waals surface area contributed by atoms with Crippen molar-refractivity contribution in [3.63, 3.8) is 0 Å². The molecule has 2 heterocycles. The van der Waals surface area contributed by atoms with Crippen LogP contribution in [0.2, 0.25) is 0 Å². The Labute approximate surface area is 93.4 Å². The van der Waals surface area contributed by atoms with E-state index in [0.29, 0.717) is 24.1 Å². The highest BCUT2D eigenvalue weighted by Gasteiger charge is 2.13. The second kappa shape index (κ2) is 3.96. The minimum Gasteiger partial charge on any atom is -0.477 e. The molecular weight excluding hydrogens is 206 g/mol. The molecule has 6 nitrogen and oxygen atoms in total. The zero-order valence-electron chi connectivity index (χ0n) is 9.64. The standard InChI is InChI=1S/C10H15N5O/c1-4-16-8-5-7(6(2)3)9-12-13-10(11)15(9)14-8/h5-6H,4H2,1-3H3,(H2,11,13). The summed E-state index contributed by atoms with van der Waals surface area (Å²) in [7, 11) is 0. The second-order valence-corrected chi connectivity index (χ2v) is 3.82. The van der Waals surface area contributed by atoms with Crippen molar-refractivity contribution in [3.05, 3.63) is 11.6 Å². The average Bonchev–Trinajstić information content (AvgIpc) is 2.60. The Morgan fingerprint density at radius 1 is 1.44 bits per heavy atom. The van der Waals surface area contributed by atoms with Crippen LogP contribution in [-0.4, -0.2) is 26.4 Å². The highest BCUT2D eigenvalue weighted by atomic mass is 16.5. The molecule has 0 amide bonds. The first-order chi connectivity index (χ1) is 7.63. The number of hydrogen-bond donors (Lipinski definition) is 1. The molecule has 0 atom stereocenters. The van der Waals surface area contributed by atoms with Gasteiger partial charge in [0.1, 0.15) is 0 Å². The first-order valence-corrected chi connectivity index (χ1v) is 5.28. The van der Waals surface area contributed by atoms with Gasteiger partial charge in [0.15, 0.2) is 5.65 Å². The molecule has 0 unspecified atom stereocenters. The van der Waals surface area contributed by atoms with Crippen LogP contribution in [0.25, 0.3) is 5.65 Å². The highest BCUT2D eigenvalue weighted by Crippen LogP contribution is 2.23. The fourth-order valence-corrected chi connectivity index (χ4v) is 1.54. The molecule has 16 heavy (non-hydrogen) atoms. The van der Waals surface area contributed by atoms with Crippen molar-refractivity contribution in [3.8, 4) is 5.88 Å². The van der Waals surface area contributed by atoms with E-state index in [9.17, 15) is 0 Å². The van der Waals surface area contributed by atoms with E-state index < -0.39 is 0 Å². The summed E-state index contributed by atoms with van der Waals surface area (Å²) in [5, 5.41) is 12.0. The van der Waals surface area contributed by atoms with Gasteiger partial charge in [-0.05, 0) is 12.8 Å². The van der Waals surface area contributed by atoms with Crippen LogP contribution >= 0.6 is 0 Å². The lowest BCUT2D eigenvalue weighted by Crippen LogP contribution is -2.05. The number of aromatic nitrogens is 4. The molecule has 0 aromatic carbocycles. The van der Waals surface area contributed by atoms with E-state index >= 15 is 0 Å². The van der Waals surface area contributed by atoms with Gasteiger partial charge in [0.25, 0.3) is 0 Å². The van der Waals surface area contributed by atoms with E-state index in [-0.39, 0.29) is 5.95 Å². The first-order valence-electron chi connectivity index (χ1n) is 5.28. The van der Waals surface area contributed by atoms with Crippen molar-refractivity contribution in [2.75, 3.05) is 12.3 Å². The van der Waals surface area contributed by atoms with Gasteiger partial charge in [-0.25, -0.2) is 0 Å². The van der Waals surface area contributed by atoms with E-state index in [2.05, 4.69) is 29.1 Å². The zero-order valence-corrected chi connectivity index (χ0v) is 9.64. The zero-order chi connectivity index (χ0) is 11.7. The number of ether oxygens (including phenoxy) is 1. The maximum atomic E-state index is 5.68. The number of rotatable bonds is 3. The summed E-state index contributed by atoms with van der Waals surface area (Å²) in [6.07, 6.45) is 0. The smallest absolute Gasteiger partial charge is 0.243 e. The average molecular weight is 221 g/mol. The Morgan fingerprint density at radius 2 is 2.19 bits per heavy atom. The minimum atomic E-state index is 0.276. The van der Waals surface area contributed by atoms with Crippen molar-refractivity contribution >= 4 is 11.6 Å².